The molecule has 1 rings (SSSR count). The number of rotatable bonds is 0. The summed E-state index contributed by atoms with van der Waals surface area (Å²) in [7, 11) is 0. The van der Waals surface area contributed by atoms with Gasteiger partial charge in [0.25, 0.3) is 0 Å². The normalized spacial score (nSPS) is 12.7. The Bertz CT molecular complexity index is 273. The van der Waals surface area contributed by atoms with Crippen LogP contribution < -0.4 is 0 Å². The maximum absolute atomic E-state index is 9.08. The van der Waals surface area contributed by atoms with Gasteiger partial charge in [0, 0.05) is 5.02 Å². The Kier molecular flexibility index (Phi) is 1.06. The molecule has 1 nitrogen and oxygen atoms in total. The molecule has 0 saturated carbocycles. The van der Waals surface area contributed by atoms with Crippen LogP contribution in [0, 0.1) is 6.92 Å². The minimum Gasteiger partial charge on any atom is -0.508 e. The van der Waals surface area contributed by atoms with E-state index in [1.807, 2.05) is 0 Å². The second-order valence-electron chi connectivity index (χ2n) is 1.74. The van der Waals surface area contributed by atoms with Crippen LogP contribution in [0.1, 0.15) is 8.30 Å². The van der Waals surface area contributed by atoms with Gasteiger partial charge < -0.3 is 5.11 Å². The molecule has 0 heterocycles. The van der Waals surface area contributed by atoms with E-state index in [9.17, 15) is 0 Å². The monoisotopic (exact) mass is 144 g/mol. The quantitative estimate of drug-likeness (QED) is 0.593. The van der Waals surface area contributed by atoms with E-state index in [2.05, 4.69) is 0 Å². The first-order valence-electron chi connectivity index (χ1n) is 3.49. The van der Waals surface area contributed by atoms with Gasteiger partial charge >= 0.3 is 0 Å². The molecule has 0 bridgehead atoms. The molecular formula is C7H7ClO. The Balaban J connectivity index is 3.46. The fourth-order valence-electron chi connectivity index (χ4n) is 0.513. The molecule has 0 radical (unpaired) electrons. The van der Waals surface area contributed by atoms with Crippen LogP contribution in [0.2, 0.25) is 5.02 Å². The minimum atomic E-state index is -0.313. The standard InChI is InChI=1S/C7H7ClO/c1-5-4-6(9)2-3-7(5)8/h2-4,9H,1H3/i2D,4D. The third-order valence-corrected chi connectivity index (χ3v) is 1.39. The Hall–Kier alpha value is -0.690. The molecule has 0 amide bonds. The van der Waals surface area contributed by atoms with Crippen LogP contribution in [0.25, 0.3) is 0 Å². The van der Waals surface area contributed by atoms with Gasteiger partial charge in [-0.25, -0.2) is 0 Å². The predicted octanol–water partition coefficient (Wildman–Crippen LogP) is 2.35. The maximum Gasteiger partial charge on any atom is 0.115 e. The Morgan fingerprint density at radius 3 is 3.11 bits per heavy atom. The van der Waals surface area contributed by atoms with E-state index in [-0.39, 0.29) is 17.8 Å². The molecule has 0 spiro atoms. The van der Waals surface area contributed by atoms with Crippen LogP contribution in [-0.4, -0.2) is 5.11 Å². The topological polar surface area (TPSA) is 20.2 Å². The third kappa shape index (κ3) is 1.36. The molecule has 2 heteroatoms. The molecule has 0 aliphatic rings. The molecule has 0 unspecified atom stereocenters. The summed E-state index contributed by atoms with van der Waals surface area (Å²) in [5.74, 6) is -0.313. The van der Waals surface area contributed by atoms with Gasteiger partial charge in [-0.05, 0) is 30.6 Å². The fourth-order valence-corrected chi connectivity index (χ4v) is 0.615. The van der Waals surface area contributed by atoms with E-state index >= 15 is 0 Å². The Labute approximate surface area is 61.7 Å². The summed E-state index contributed by atoms with van der Waals surface area (Å²) >= 11 is 5.64. The summed E-state index contributed by atoms with van der Waals surface area (Å²) in [6.45, 7) is 1.63. The third-order valence-electron chi connectivity index (χ3n) is 1.000. The van der Waals surface area contributed by atoms with E-state index in [1.54, 1.807) is 6.92 Å². The van der Waals surface area contributed by atoms with Crippen molar-refractivity contribution >= 4 is 11.6 Å². The number of aromatic hydroxyl groups is 1. The van der Waals surface area contributed by atoms with Gasteiger partial charge in [-0.15, -0.1) is 0 Å². The lowest BCUT2D eigenvalue weighted by Crippen LogP contribution is -1.71. The molecule has 0 aliphatic carbocycles. The molecule has 0 fully saturated rings. The van der Waals surface area contributed by atoms with Gasteiger partial charge in [0.05, 0.1) is 2.74 Å². The largest absolute Gasteiger partial charge is 0.508 e. The lowest BCUT2D eigenvalue weighted by molar-refractivity contribution is 0.475. The molecule has 48 valence electrons. The van der Waals surface area contributed by atoms with Crippen molar-refractivity contribution in [3.05, 3.63) is 28.7 Å². The zero-order chi connectivity index (χ0) is 8.59. The van der Waals surface area contributed by atoms with Crippen molar-refractivity contribution in [1.29, 1.82) is 0 Å². The predicted molar refractivity (Wildman–Crippen MR) is 37.9 cm³/mol. The molecule has 0 aliphatic heterocycles. The highest BCUT2D eigenvalue weighted by Crippen LogP contribution is 2.19. The van der Waals surface area contributed by atoms with Crippen LogP contribution in [0.15, 0.2) is 18.2 Å². The van der Waals surface area contributed by atoms with Gasteiger partial charge in [0.2, 0.25) is 0 Å². The first-order valence-corrected chi connectivity index (χ1v) is 2.87. The number of halogens is 1. The highest BCUT2D eigenvalue weighted by atomic mass is 35.5. The molecule has 9 heavy (non-hydrogen) atoms. The van der Waals surface area contributed by atoms with E-state index in [4.69, 9.17) is 19.4 Å². The van der Waals surface area contributed by atoms with Gasteiger partial charge in [0.1, 0.15) is 5.75 Å². The Morgan fingerprint density at radius 2 is 2.44 bits per heavy atom. The van der Waals surface area contributed by atoms with E-state index < -0.39 is 0 Å². The van der Waals surface area contributed by atoms with Gasteiger partial charge in [-0.3, -0.25) is 0 Å². The highest BCUT2D eigenvalue weighted by molar-refractivity contribution is 6.31. The number of hydrogen-bond acceptors (Lipinski definition) is 1. The van der Waals surface area contributed by atoms with Gasteiger partial charge in [-0.1, -0.05) is 11.6 Å². The van der Waals surface area contributed by atoms with Crippen LogP contribution in [0.3, 0.4) is 0 Å². The van der Waals surface area contributed by atoms with Crippen molar-refractivity contribution in [3.63, 3.8) is 0 Å². The van der Waals surface area contributed by atoms with Crippen LogP contribution >= 0.6 is 11.6 Å². The average molecular weight is 145 g/mol. The summed E-state index contributed by atoms with van der Waals surface area (Å²) in [6, 6.07) is 1.15. The van der Waals surface area contributed by atoms with Crippen molar-refractivity contribution in [2.75, 3.05) is 0 Å². The molecular weight excluding hydrogens is 136 g/mol. The lowest BCUT2D eigenvalue weighted by atomic mass is 10.2. The summed E-state index contributed by atoms with van der Waals surface area (Å²) < 4.78 is 14.4. The Morgan fingerprint density at radius 1 is 1.78 bits per heavy atom. The van der Waals surface area contributed by atoms with Crippen molar-refractivity contribution in [3.8, 4) is 5.75 Å². The molecule has 1 N–H and O–H groups in total. The SMILES string of the molecule is [2H]c1cc(Cl)c(C)c([2H])c1O. The van der Waals surface area contributed by atoms with Crippen molar-refractivity contribution in [2.45, 2.75) is 6.92 Å². The maximum atomic E-state index is 9.08. The molecule has 1 aromatic rings. The zero-order valence-corrected chi connectivity index (χ0v) is 5.66. The average Bonchev–Trinajstić information content (AvgIpc) is 1.97. The minimum absolute atomic E-state index is 0.0671. The zero-order valence-electron chi connectivity index (χ0n) is 6.90. The molecule has 0 saturated heterocycles. The number of benzene rings is 1. The van der Waals surface area contributed by atoms with E-state index in [1.165, 1.54) is 6.07 Å². The first-order chi connectivity index (χ1) is 5.04. The second-order valence-corrected chi connectivity index (χ2v) is 2.14. The van der Waals surface area contributed by atoms with E-state index in [0.29, 0.717) is 10.6 Å². The number of hydrogen-bond donors (Lipinski definition) is 1. The highest BCUT2D eigenvalue weighted by Gasteiger charge is 1.92. The molecule has 0 aromatic heterocycles. The number of phenolic OH excluding ortho intramolecular Hbond substituents is 1. The van der Waals surface area contributed by atoms with Crippen molar-refractivity contribution < 1.29 is 7.85 Å². The summed E-state index contributed by atoms with van der Waals surface area (Å²) in [5.41, 5.74) is 0.500. The summed E-state index contributed by atoms with van der Waals surface area (Å²) in [6.07, 6.45) is 0. The smallest absolute Gasteiger partial charge is 0.115 e. The van der Waals surface area contributed by atoms with Crippen molar-refractivity contribution in [2.24, 2.45) is 0 Å². The van der Waals surface area contributed by atoms with Gasteiger partial charge in [-0.2, -0.15) is 0 Å². The second kappa shape index (κ2) is 2.28. The number of phenols is 1. The van der Waals surface area contributed by atoms with Crippen molar-refractivity contribution in [1.82, 2.24) is 0 Å². The molecule has 1 aromatic carbocycles. The van der Waals surface area contributed by atoms with Gasteiger partial charge in [0.15, 0.2) is 0 Å². The fraction of sp³-hybridized carbons (Fsp3) is 0.143. The van der Waals surface area contributed by atoms with Crippen LogP contribution in [0.4, 0.5) is 0 Å². The first kappa shape index (κ1) is 4.18. The summed E-state index contributed by atoms with van der Waals surface area (Å²) in [4.78, 5) is 0. The summed E-state index contributed by atoms with van der Waals surface area (Å²) in [5, 5.41) is 9.42. The van der Waals surface area contributed by atoms with E-state index in [0.717, 1.165) is 0 Å². The molecule has 0 atom stereocenters. The lowest BCUT2D eigenvalue weighted by Gasteiger charge is -1.95. The van der Waals surface area contributed by atoms with Crippen LogP contribution in [0.5, 0.6) is 5.75 Å². The van der Waals surface area contributed by atoms with Crippen LogP contribution in [-0.2, 0) is 0 Å².